The van der Waals surface area contributed by atoms with E-state index < -0.39 is 23.3 Å². The van der Waals surface area contributed by atoms with Crippen molar-refractivity contribution in [2.45, 2.75) is 0 Å². The van der Waals surface area contributed by atoms with Gasteiger partial charge in [-0.3, -0.25) is 0 Å². The van der Waals surface area contributed by atoms with Gasteiger partial charge in [0.05, 0.1) is 0 Å². The number of rotatable bonds is 0. The molecule has 1 heterocycles. The van der Waals surface area contributed by atoms with Gasteiger partial charge in [-0.15, -0.1) is 0 Å². The Balaban J connectivity index is 3.34. The third-order valence-electron chi connectivity index (χ3n) is 0.875. The van der Waals surface area contributed by atoms with Gasteiger partial charge in [-0.2, -0.15) is 0 Å². The maximum atomic E-state index is 12.0. The SMILES string of the molecule is Fc1bnc(F)c(F)c1F. The molecular formula is C4BF4N. The van der Waals surface area contributed by atoms with Crippen LogP contribution in [-0.4, -0.2) is 11.9 Å². The van der Waals surface area contributed by atoms with Gasteiger partial charge in [-0.25, -0.2) is 0 Å². The van der Waals surface area contributed by atoms with E-state index in [0.717, 1.165) is 0 Å². The number of hydrogen-bond donors (Lipinski definition) is 0. The van der Waals surface area contributed by atoms with Crippen LogP contribution in [0, 0.1) is 23.3 Å². The van der Waals surface area contributed by atoms with Crippen molar-refractivity contribution in [3.63, 3.8) is 0 Å². The fourth-order valence-corrected chi connectivity index (χ4v) is 0.422. The summed E-state index contributed by atoms with van der Waals surface area (Å²) in [7, 11) is 0.272. The molecule has 0 unspecified atom stereocenters. The Morgan fingerprint density at radius 1 is 1.00 bits per heavy atom. The molecule has 10 heavy (non-hydrogen) atoms. The van der Waals surface area contributed by atoms with Gasteiger partial charge >= 0.3 is 52.8 Å². The monoisotopic (exact) mass is 149 g/mol. The van der Waals surface area contributed by atoms with Gasteiger partial charge in [-0.05, 0) is 0 Å². The summed E-state index contributed by atoms with van der Waals surface area (Å²) >= 11 is 0. The van der Waals surface area contributed by atoms with Crippen LogP contribution in [0.15, 0.2) is 0 Å². The average molecular weight is 149 g/mol. The predicted molar refractivity (Wildman–Crippen MR) is 25.4 cm³/mol. The molecule has 1 aromatic heterocycles. The number of hydrogen-bond acceptors (Lipinski definition) is 1. The van der Waals surface area contributed by atoms with Crippen molar-refractivity contribution in [2.75, 3.05) is 0 Å². The first-order chi connectivity index (χ1) is 4.63. The Morgan fingerprint density at radius 3 is 2.10 bits per heavy atom. The number of nitrogens with zero attached hydrogens (tertiary/aromatic N) is 1. The quantitative estimate of drug-likeness (QED) is 0.500. The van der Waals surface area contributed by atoms with Crippen LogP contribution >= 0.6 is 0 Å². The molecule has 0 fully saturated rings. The molecule has 0 spiro atoms. The maximum absolute atomic E-state index is 12.0. The molecule has 1 rings (SSSR count). The molecule has 0 saturated heterocycles. The van der Waals surface area contributed by atoms with Crippen molar-refractivity contribution in [2.24, 2.45) is 0 Å². The minimum atomic E-state index is -1.89. The van der Waals surface area contributed by atoms with Crippen molar-refractivity contribution in [3.8, 4) is 0 Å². The van der Waals surface area contributed by atoms with Gasteiger partial charge in [-0.1, -0.05) is 0 Å². The van der Waals surface area contributed by atoms with Crippen LogP contribution in [0.4, 0.5) is 17.6 Å². The molecular weight excluding hydrogens is 149 g/mol. The van der Waals surface area contributed by atoms with Crippen molar-refractivity contribution in [3.05, 3.63) is 23.3 Å². The summed E-state index contributed by atoms with van der Waals surface area (Å²) in [5.41, 5.74) is -1.50. The first-order valence-electron chi connectivity index (χ1n) is 2.28. The molecule has 0 aliphatic rings. The third-order valence-corrected chi connectivity index (χ3v) is 0.875. The topological polar surface area (TPSA) is 12.9 Å². The molecule has 0 aliphatic carbocycles. The summed E-state index contributed by atoms with van der Waals surface area (Å²) in [6.45, 7) is 0. The van der Waals surface area contributed by atoms with Crippen molar-refractivity contribution in [1.82, 2.24) is 4.89 Å². The van der Waals surface area contributed by atoms with E-state index in [0.29, 0.717) is 0 Å². The van der Waals surface area contributed by atoms with Crippen LogP contribution < -0.4 is 0 Å². The second-order valence-electron chi connectivity index (χ2n) is 1.52. The summed E-state index contributed by atoms with van der Waals surface area (Å²) in [5, 5.41) is 0. The van der Waals surface area contributed by atoms with Crippen LogP contribution in [0.5, 0.6) is 0 Å². The normalized spacial score (nSPS) is 9.60. The van der Waals surface area contributed by atoms with E-state index in [1.165, 1.54) is 0 Å². The second-order valence-corrected chi connectivity index (χ2v) is 1.52. The van der Waals surface area contributed by atoms with Gasteiger partial charge < -0.3 is 0 Å². The molecule has 0 N–H and O–H groups in total. The Bertz CT molecular complexity index is 237. The third kappa shape index (κ3) is 1.01. The summed E-state index contributed by atoms with van der Waals surface area (Å²) in [4.78, 5) is 2.58. The Kier molecular flexibility index (Phi) is 1.69. The predicted octanol–water partition coefficient (Wildman–Crippen LogP) is 0.976. The minimum absolute atomic E-state index is 0.272. The van der Waals surface area contributed by atoms with Crippen molar-refractivity contribution < 1.29 is 17.6 Å². The molecule has 0 radical (unpaired) electrons. The van der Waals surface area contributed by atoms with E-state index in [2.05, 4.69) is 4.89 Å². The zero-order valence-electron chi connectivity index (χ0n) is 4.54. The Hall–Kier alpha value is -0.935. The van der Waals surface area contributed by atoms with Crippen LogP contribution in [0.2, 0.25) is 0 Å². The van der Waals surface area contributed by atoms with Crippen molar-refractivity contribution >= 4 is 7.05 Å². The zero-order chi connectivity index (χ0) is 7.72. The van der Waals surface area contributed by atoms with Gasteiger partial charge in [0.1, 0.15) is 0 Å². The number of halogens is 4. The first kappa shape index (κ1) is 7.18. The Labute approximate surface area is 53.9 Å². The standard InChI is InChI=1S/C4BF4N/c6-1-2(7)4(9)10-5-3(1)8. The van der Waals surface area contributed by atoms with E-state index >= 15 is 0 Å². The van der Waals surface area contributed by atoms with Gasteiger partial charge in [0.2, 0.25) is 0 Å². The molecule has 0 saturated carbocycles. The van der Waals surface area contributed by atoms with Gasteiger partial charge in [0.25, 0.3) is 0 Å². The van der Waals surface area contributed by atoms with E-state index in [-0.39, 0.29) is 7.05 Å². The molecule has 6 heteroatoms. The summed E-state index contributed by atoms with van der Waals surface area (Å²) < 4.78 is 47.7. The summed E-state index contributed by atoms with van der Waals surface area (Å²) in [6, 6.07) is 0. The molecule has 0 atom stereocenters. The first-order valence-corrected chi connectivity index (χ1v) is 2.28. The van der Waals surface area contributed by atoms with E-state index in [9.17, 15) is 17.6 Å². The van der Waals surface area contributed by atoms with Crippen LogP contribution in [-0.2, 0) is 0 Å². The van der Waals surface area contributed by atoms with Gasteiger partial charge in [0.15, 0.2) is 0 Å². The average Bonchev–Trinajstić information content (AvgIpc) is 1.93. The van der Waals surface area contributed by atoms with E-state index in [4.69, 9.17) is 0 Å². The zero-order valence-corrected chi connectivity index (χ0v) is 4.54. The molecule has 0 amide bonds. The summed E-state index contributed by atoms with van der Waals surface area (Å²) in [6.07, 6.45) is 0. The summed E-state index contributed by atoms with van der Waals surface area (Å²) in [5.74, 6) is -5.37. The van der Waals surface area contributed by atoms with E-state index in [1.807, 2.05) is 0 Å². The Morgan fingerprint density at radius 2 is 1.60 bits per heavy atom. The van der Waals surface area contributed by atoms with Crippen molar-refractivity contribution in [1.29, 1.82) is 0 Å². The van der Waals surface area contributed by atoms with Gasteiger partial charge in [0, 0.05) is 0 Å². The molecule has 1 aromatic rings. The number of aromatic nitrogens is 1. The van der Waals surface area contributed by atoms with Crippen LogP contribution in [0.25, 0.3) is 0 Å². The molecule has 0 aromatic carbocycles. The molecule has 0 aliphatic heterocycles. The molecule has 52 valence electrons. The second kappa shape index (κ2) is 2.36. The molecule has 1 nitrogen and oxygen atoms in total. The van der Waals surface area contributed by atoms with Crippen LogP contribution in [0.1, 0.15) is 0 Å². The fraction of sp³-hybridized carbons (Fsp3) is 0. The fourth-order valence-electron chi connectivity index (χ4n) is 0.422. The molecule has 0 bridgehead atoms. The van der Waals surface area contributed by atoms with Crippen LogP contribution in [0.3, 0.4) is 0 Å². The van der Waals surface area contributed by atoms with E-state index in [1.54, 1.807) is 0 Å².